The van der Waals surface area contributed by atoms with Crippen molar-refractivity contribution in [3.8, 4) is 0 Å². The predicted molar refractivity (Wildman–Crippen MR) is 87.1 cm³/mol. The Hall–Kier alpha value is -1.52. The second-order valence-electron chi connectivity index (χ2n) is 5.76. The fraction of sp³-hybridized carbons (Fsp3) is 0.375. The van der Waals surface area contributed by atoms with Crippen molar-refractivity contribution in [3.05, 3.63) is 52.5 Å². The summed E-state index contributed by atoms with van der Waals surface area (Å²) in [5, 5.41) is 4.16. The van der Waals surface area contributed by atoms with Crippen LogP contribution in [0.4, 0.5) is 0 Å². The van der Waals surface area contributed by atoms with Gasteiger partial charge in [0.1, 0.15) is 0 Å². The van der Waals surface area contributed by atoms with Crippen LogP contribution < -0.4 is 5.32 Å². The molecule has 1 N–H and O–H groups in total. The van der Waals surface area contributed by atoms with Gasteiger partial charge < -0.3 is 9.88 Å². The molecular formula is C16H17Cl2N3O. The molecule has 2 aromatic rings. The molecule has 3 rings (SSSR count). The first-order chi connectivity index (χ1) is 10.6. The number of benzene rings is 1. The molecule has 1 aromatic heterocycles. The highest BCUT2D eigenvalue weighted by atomic mass is 35.5. The van der Waals surface area contributed by atoms with Crippen LogP contribution in [0.2, 0.25) is 10.0 Å². The minimum absolute atomic E-state index is 0.0128. The van der Waals surface area contributed by atoms with Crippen molar-refractivity contribution in [2.75, 3.05) is 0 Å². The van der Waals surface area contributed by atoms with E-state index in [1.807, 2.05) is 29.8 Å². The zero-order chi connectivity index (χ0) is 15.7. The van der Waals surface area contributed by atoms with Crippen LogP contribution in [0.1, 0.15) is 24.8 Å². The van der Waals surface area contributed by atoms with Crippen molar-refractivity contribution >= 4 is 29.1 Å². The van der Waals surface area contributed by atoms with E-state index >= 15 is 0 Å². The number of carbonyl (C=O) groups is 1. The van der Waals surface area contributed by atoms with Crippen LogP contribution in [-0.2, 0) is 11.3 Å². The third kappa shape index (κ3) is 3.28. The average molecular weight is 338 g/mol. The van der Waals surface area contributed by atoms with E-state index in [2.05, 4.69) is 10.3 Å². The van der Waals surface area contributed by atoms with Gasteiger partial charge in [-0.25, -0.2) is 4.98 Å². The predicted octanol–water partition coefficient (Wildman–Crippen LogP) is 3.50. The number of nitrogens with one attached hydrogen (secondary N) is 1. The zero-order valence-electron chi connectivity index (χ0n) is 12.2. The first-order valence-corrected chi connectivity index (χ1v) is 8.02. The van der Waals surface area contributed by atoms with Gasteiger partial charge in [-0.2, -0.15) is 0 Å². The Balaban J connectivity index is 1.57. The van der Waals surface area contributed by atoms with E-state index in [1.165, 1.54) is 0 Å². The van der Waals surface area contributed by atoms with Crippen LogP contribution in [-0.4, -0.2) is 21.5 Å². The molecule has 4 nitrogen and oxygen atoms in total. The molecule has 0 radical (unpaired) electrons. The van der Waals surface area contributed by atoms with Crippen molar-refractivity contribution in [1.29, 1.82) is 0 Å². The summed E-state index contributed by atoms with van der Waals surface area (Å²) in [5.41, 5.74) is 0.969. The van der Waals surface area contributed by atoms with Gasteiger partial charge in [-0.05, 0) is 30.9 Å². The monoisotopic (exact) mass is 337 g/mol. The standard InChI is InChI=1S/C16H17Cl2N3O/c1-10(8-21-6-5-19-9-21)20-16(22)13-7-12(13)11-3-2-4-14(17)15(11)18/h2-6,9-10,12-13H,7-8H2,1H3,(H,20,22)/t10-,12-,13-/m1/s1. The molecule has 1 aliphatic rings. The summed E-state index contributed by atoms with van der Waals surface area (Å²) in [6.45, 7) is 2.70. The Labute approximate surface area is 139 Å². The van der Waals surface area contributed by atoms with Crippen LogP contribution in [0.25, 0.3) is 0 Å². The molecule has 116 valence electrons. The van der Waals surface area contributed by atoms with Crippen molar-refractivity contribution in [2.24, 2.45) is 5.92 Å². The largest absolute Gasteiger partial charge is 0.352 e. The number of hydrogen-bond acceptors (Lipinski definition) is 2. The number of nitrogens with zero attached hydrogens (tertiary/aromatic N) is 2. The maximum absolute atomic E-state index is 12.3. The smallest absolute Gasteiger partial charge is 0.224 e. The summed E-state index contributed by atoms with van der Waals surface area (Å²) in [6, 6.07) is 5.63. The Morgan fingerprint density at radius 1 is 1.50 bits per heavy atom. The first-order valence-electron chi connectivity index (χ1n) is 7.26. The molecular weight excluding hydrogens is 321 g/mol. The number of carbonyl (C=O) groups excluding carboxylic acids is 1. The van der Waals surface area contributed by atoms with Crippen LogP contribution >= 0.6 is 23.2 Å². The molecule has 0 aliphatic heterocycles. The minimum Gasteiger partial charge on any atom is -0.352 e. The Morgan fingerprint density at radius 2 is 2.32 bits per heavy atom. The number of hydrogen-bond donors (Lipinski definition) is 1. The molecule has 6 heteroatoms. The molecule has 1 amide bonds. The van der Waals surface area contributed by atoms with E-state index in [1.54, 1.807) is 18.6 Å². The average Bonchev–Trinajstić information content (AvgIpc) is 3.11. The molecule has 1 heterocycles. The van der Waals surface area contributed by atoms with Gasteiger partial charge in [0, 0.05) is 30.9 Å². The fourth-order valence-electron chi connectivity index (χ4n) is 2.74. The SMILES string of the molecule is C[C@H](Cn1ccnc1)NC(=O)[C@@H]1C[C@@H]1c1cccc(Cl)c1Cl. The van der Waals surface area contributed by atoms with Gasteiger partial charge in [-0.3, -0.25) is 4.79 Å². The lowest BCUT2D eigenvalue weighted by atomic mass is 10.1. The van der Waals surface area contributed by atoms with Crippen LogP contribution in [0.3, 0.4) is 0 Å². The third-order valence-electron chi connectivity index (χ3n) is 3.94. The van der Waals surface area contributed by atoms with E-state index in [-0.39, 0.29) is 23.8 Å². The molecule has 1 fully saturated rings. The number of imidazole rings is 1. The highest BCUT2D eigenvalue weighted by Gasteiger charge is 2.45. The van der Waals surface area contributed by atoms with E-state index in [4.69, 9.17) is 23.2 Å². The maximum atomic E-state index is 12.3. The normalized spacial score (nSPS) is 21.4. The number of rotatable bonds is 5. The van der Waals surface area contributed by atoms with Gasteiger partial charge in [0.2, 0.25) is 5.91 Å². The highest BCUT2D eigenvalue weighted by molar-refractivity contribution is 6.42. The lowest BCUT2D eigenvalue weighted by molar-refractivity contribution is -0.123. The molecule has 0 bridgehead atoms. The molecule has 0 spiro atoms. The number of amides is 1. The van der Waals surface area contributed by atoms with E-state index in [0.717, 1.165) is 12.0 Å². The summed E-state index contributed by atoms with van der Waals surface area (Å²) >= 11 is 12.3. The number of halogens is 2. The molecule has 22 heavy (non-hydrogen) atoms. The van der Waals surface area contributed by atoms with Crippen LogP contribution in [0.15, 0.2) is 36.9 Å². The van der Waals surface area contributed by atoms with Gasteiger partial charge in [-0.1, -0.05) is 35.3 Å². The lowest BCUT2D eigenvalue weighted by Crippen LogP contribution is -2.36. The molecule has 0 saturated heterocycles. The molecule has 1 saturated carbocycles. The first kappa shape index (κ1) is 15.4. The summed E-state index contributed by atoms with van der Waals surface area (Å²) in [4.78, 5) is 16.3. The summed E-state index contributed by atoms with van der Waals surface area (Å²) in [6.07, 6.45) is 6.18. The van der Waals surface area contributed by atoms with Crippen molar-refractivity contribution < 1.29 is 4.79 Å². The number of aromatic nitrogens is 2. The second-order valence-corrected chi connectivity index (χ2v) is 6.55. The second kappa shape index (κ2) is 6.31. The van der Waals surface area contributed by atoms with E-state index in [9.17, 15) is 4.79 Å². The maximum Gasteiger partial charge on any atom is 0.224 e. The van der Waals surface area contributed by atoms with Gasteiger partial charge in [-0.15, -0.1) is 0 Å². The van der Waals surface area contributed by atoms with Crippen LogP contribution in [0, 0.1) is 5.92 Å². The van der Waals surface area contributed by atoms with Gasteiger partial charge in [0.25, 0.3) is 0 Å². The Bertz CT molecular complexity index is 672. The quantitative estimate of drug-likeness (QED) is 0.907. The highest BCUT2D eigenvalue weighted by Crippen LogP contribution is 2.50. The molecule has 3 atom stereocenters. The third-order valence-corrected chi connectivity index (χ3v) is 4.77. The molecule has 1 aromatic carbocycles. The Morgan fingerprint density at radius 3 is 3.05 bits per heavy atom. The summed E-state index contributed by atoms with van der Waals surface area (Å²) in [5.74, 6) is 0.238. The fourth-order valence-corrected chi connectivity index (χ4v) is 3.19. The topological polar surface area (TPSA) is 46.9 Å². The minimum atomic E-state index is -0.0128. The molecule has 0 unspecified atom stereocenters. The van der Waals surface area contributed by atoms with E-state index < -0.39 is 0 Å². The van der Waals surface area contributed by atoms with Crippen molar-refractivity contribution in [2.45, 2.75) is 31.8 Å². The van der Waals surface area contributed by atoms with E-state index in [0.29, 0.717) is 16.6 Å². The van der Waals surface area contributed by atoms with Gasteiger partial charge in [0.15, 0.2) is 0 Å². The summed E-state index contributed by atoms with van der Waals surface area (Å²) in [7, 11) is 0. The Kier molecular flexibility index (Phi) is 4.41. The van der Waals surface area contributed by atoms with Crippen LogP contribution in [0.5, 0.6) is 0 Å². The van der Waals surface area contributed by atoms with Gasteiger partial charge >= 0.3 is 0 Å². The lowest BCUT2D eigenvalue weighted by Gasteiger charge is -2.14. The van der Waals surface area contributed by atoms with Crippen molar-refractivity contribution in [3.63, 3.8) is 0 Å². The zero-order valence-corrected chi connectivity index (χ0v) is 13.7. The molecule has 1 aliphatic carbocycles. The van der Waals surface area contributed by atoms with Gasteiger partial charge in [0.05, 0.1) is 16.4 Å². The van der Waals surface area contributed by atoms with Crippen molar-refractivity contribution in [1.82, 2.24) is 14.9 Å². The summed E-state index contributed by atoms with van der Waals surface area (Å²) < 4.78 is 1.95.